The zero-order chi connectivity index (χ0) is 19.0. The Kier molecular flexibility index (Phi) is 4.29. The van der Waals surface area contributed by atoms with E-state index in [0.717, 1.165) is 16.7 Å². The summed E-state index contributed by atoms with van der Waals surface area (Å²) in [5, 5.41) is 9.65. The summed E-state index contributed by atoms with van der Waals surface area (Å²) in [7, 11) is 0. The van der Waals surface area contributed by atoms with Crippen molar-refractivity contribution in [3.05, 3.63) is 82.9 Å². The molecule has 0 radical (unpaired) electrons. The van der Waals surface area contributed by atoms with E-state index >= 15 is 0 Å². The predicted molar refractivity (Wildman–Crippen MR) is 103 cm³/mol. The van der Waals surface area contributed by atoms with Gasteiger partial charge in [0.2, 0.25) is 5.88 Å². The molecule has 2 unspecified atom stereocenters. The molecule has 1 aliphatic carbocycles. The van der Waals surface area contributed by atoms with Crippen molar-refractivity contribution >= 4 is 5.78 Å². The number of Topliss-reactive ketones (excluding diaryl/α,β-unsaturated/α-hetero) is 1. The number of rotatable bonds is 2. The van der Waals surface area contributed by atoms with Crippen molar-refractivity contribution in [2.45, 2.75) is 25.7 Å². The lowest BCUT2D eigenvalue weighted by Gasteiger charge is -2.33. The number of benzene rings is 2. The van der Waals surface area contributed by atoms with Crippen LogP contribution in [0.2, 0.25) is 0 Å². The highest BCUT2D eigenvalue weighted by Gasteiger charge is 2.39. The smallest absolute Gasteiger partial charge is 0.205 e. The van der Waals surface area contributed by atoms with E-state index < -0.39 is 5.92 Å². The molecular weight excluding hydrogens is 336 g/mol. The Morgan fingerprint density at radius 2 is 1.70 bits per heavy atom. The first-order valence-corrected chi connectivity index (χ1v) is 9.07. The van der Waals surface area contributed by atoms with E-state index in [2.05, 4.69) is 18.2 Å². The molecule has 4 nitrogen and oxygen atoms in total. The zero-order valence-electron chi connectivity index (χ0n) is 15.1. The van der Waals surface area contributed by atoms with Crippen LogP contribution in [0, 0.1) is 17.2 Å². The van der Waals surface area contributed by atoms with Gasteiger partial charge in [0.25, 0.3) is 0 Å². The van der Waals surface area contributed by atoms with Gasteiger partial charge in [0, 0.05) is 18.4 Å². The van der Waals surface area contributed by atoms with Crippen LogP contribution in [0.15, 0.2) is 77.4 Å². The van der Waals surface area contributed by atoms with Crippen molar-refractivity contribution in [3.8, 4) is 17.2 Å². The number of nitriles is 1. The van der Waals surface area contributed by atoms with Crippen LogP contribution in [-0.4, -0.2) is 5.78 Å². The highest BCUT2D eigenvalue weighted by Crippen LogP contribution is 2.44. The number of hydrogen-bond donors (Lipinski definition) is 1. The van der Waals surface area contributed by atoms with Crippen molar-refractivity contribution in [1.29, 1.82) is 5.26 Å². The van der Waals surface area contributed by atoms with Crippen molar-refractivity contribution in [2.75, 3.05) is 0 Å². The van der Waals surface area contributed by atoms with Crippen molar-refractivity contribution < 1.29 is 9.53 Å². The number of carbonyl (C=O) groups excluding carboxylic acids is 1. The van der Waals surface area contributed by atoms with Gasteiger partial charge >= 0.3 is 0 Å². The van der Waals surface area contributed by atoms with Crippen LogP contribution in [-0.2, 0) is 9.53 Å². The molecule has 2 aromatic rings. The van der Waals surface area contributed by atoms with Gasteiger partial charge in [-0.15, -0.1) is 0 Å². The average Bonchev–Trinajstić information content (AvgIpc) is 2.67. The Labute approximate surface area is 158 Å². The largest absolute Gasteiger partial charge is 0.444 e. The topological polar surface area (TPSA) is 76.1 Å². The lowest BCUT2D eigenvalue weighted by molar-refractivity contribution is -0.117. The monoisotopic (exact) mass is 356 g/mol. The van der Waals surface area contributed by atoms with E-state index in [9.17, 15) is 10.1 Å². The van der Waals surface area contributed by atoms with E-state index in [1.54, 1.807) is 0 Å². The summed E-state index contributed by atoms with van der Waals surface area (Å²) < 4.78 is 5.67. The maximum absolute atomic E-state index is 12.8. The summed E-state index contributed by atoms with van der Waals surface area (Å²) in [4.78, 5) is 12.8. The van der Waals surface area contributed by atoms with Gasteiger partial charge in [-0.1, -0.05) is 61.5 Å². The van der Waals surface area contributed by atoms with E-state index in [1.165, 1.54) is 0 Å². The second-order valence-electron chi connectivity index (χ2n) is 7.19. The molecule has 0 amide bonds. The van der Waals surface area contributed by atoms with Crippen LogP contribution in [0.4, 0.5) is 0 Å². The van der Waals surface area contributed by atoms with Gasteiger partial charge < -0.3 is 10.5 Å². The fraction of sp³-hybridized carbons (Fsp3) is 0.217. The molecular formula is C23H20N2O2. The van der Waals surface area contributed by atoms with Gasteiger partial charge in [-0.2, -0.15) is 5.26 Å². The first-order valence-electron chi connectivity index (χ1n) is 9.07. The fourth-order valence-electron chi connectivity index (χ4n) is 3.93. The van der Waals surface area contributed by atoms with Gasteiger partial charge in [0.15, 0.2) is 5.78 Å². The van der Waals surface area contributed by atoms with E-state index in [1.807, 2.05) is 49.4 Å². The molecule has 4 heteroatoms. The van der Waals surface area contributed by atoms with Gasteiger partial charge in [-0.25, -0.2) is 0 Å². The first-order chi connectivity index (χ1) is 13.1. The molecule has 0 spiro atoms. The summed E-state index contributed by atoms with van der Waals surface area (Å²) in [5.74, 6) is 0.529. The molecule has 0 saturated heterocycles. The van der Waals surface area contributed by atoms with Gasteiger partial charge in [-0.05, 0) is 22.6 Å². The fourth-order valence-corrected chi connectivity index (χ4v) is 3.93. The number of ether oxygens (including phenoxy) is 1. The van der Waals surface area contributed by atoms with Crippen LogP contribution < -0.4 is 5.73 Å². The zero-order valence-corrected chi connectivity index (χ0v) is 15.1. The summed E-state index contributed by atoms with van der Waals surface area (Å²) in [6.45, 7) is 2.02. The maximum atomic E-state index is 12.8. The molecule has 1 aliphatic heterocycles. The van der Waals surface area contributed by atoms with Crippen LogP contribution in [0.5, 0.6) is 0 Å². The van der Waals surface area contributed by atoms with Crippen LogP contribution in [0.3, 0.4) is 0 Å². The number of hydrogen-bond acceptors (Lipinski definition) is 4. The molecule has 0 fully saturated rings. The number of ketones is 1. The van der Waals surface area contributed by atoms with Crippen molar-refractivity contribution in [1.82, 2.24) is 0 Å². The Balaban J connectivity index is 1.78. The highest BCUT2D eigenvalue weighted by atomic mass is 16.5. The minimum absolute atomic E-state index is 0.0427. The Hall–Kier alpha value is -3.32. The van der Waals surface area contributed by atoms with Crippen molar-refractivity contribution in [2.24, 2.45) is 11.7 Å². The lowest BCUT2D eigenvalue weighted by atomic mass is 9.75. The van der Waals surface area contributed by atoms with E-state index in [-0.39, 0.29) is 17.6 Å². The second kappa shape index (κ2) is 6.77. The van der Waals surface area contributed by atoms with Gasteiger partial charge in [-0.3, -0.25) is 4.79 Å². The molecule has 0 saturated carbocycles. The number of allylic oxidation sites excluding steroid dienone is 3. The second-order valence-corrected chi connectivity index (χ2v) is 7.19. The van der Waals surface area contributed by atoms with E-state index in [0.29, 0.717) is 29.7 Å². The van der Waals surface area contributed by atoms with Crippen LogP contribution in [0.1, 0.15) is 31.2 Å². The Morgan fingerprint density at radius 1 is 1.04 bits per heavy atom. The Bertz CT molecular complexity index is 995. The molecule has 2 N–H and O–H groups in total. The minimum Gasteiger partial charge on any atom is -0.444 e. The molecule has 4 rings (SSSR count). The summed E-state index contributed by atoms with van der Waals surface area (Å²) in [6, 6.07) is 20.2. The SMILES string of the molecule is CC1CC(=O)C2=C(C1)OC(N)=C(C#N)C2c1ccc(-c2ccccc2)cc1. The lowest BCUT2D eigenvalue weighted by Crippen LogP contribution is -2.29. The third kappa shape index (κ3) is 3.02. The standard InChI is InChI=1S/C23H20N2O2/c1-14-11-19(26)22-20(12-14)27-23(25)18(13-24)21(22)17-9-7-16(8-10-17)15-5-3-2-4-6-15/h2-10,14,21H,11-12,25H2,1H3. The minimum atomic E-state index is -0.455. The number of nitrogens with two attached hydrogens (primary N) is 1. The third-order valence-corrected chi connectivity index (χ3v) is 5.22. The van der Waals surface area contributed by atoms with Crippen LogP contribution >= 0.6 is 0 Å². The van der Waals surface area contributed by atoms with Gasteiger partial charge in [0.05, 0.1) is 5.92 Å². The molecule has 1 heterocycles. The number of nitrogens with zero attached hydrogens (tertiary/aromatic N) is 1. The predicted octanol–water partition coefficient (Wildman–Crippen LogP) is 4.41. The third-order valence-electron chi connectivity index (χ3n) is 5.22. The maximum Gasteiger partial charge on any atom is 0.205 e. The highest BCUT2D eigenvalue weighted by molar-refractivity contribution is 5.99. The van der Waals surface area contributed by atoms with Gasteiger partial charge in [0.1, 0.15) is 17.4 Å². The molecule has 134 valence electrons. The molecule has 2 aromatic carbocycles. The quantitative estimate of drug-likeness (QED) is 0.864. The molecule has 2 aliphatic rings. The van der Waals surface area contributed by atoms with E-state index in [4.69, 9.17) is 10.5 Å². The average molecular weight is 356 g/mol. The normalized spacial score (nSPS) is 22.1. The van der Waals surface area contributed by atoms with Crippen molar-refractivity contribution in [3.63, 3.8) is 0 Å². The Morgan fingerprint density at radius 3 is 2.37 bits per heavy atom. The number of carbonyl (C=O) groups is 1. The summed E-state index contributed by atoms with van der Waals surface area (Å²) in [6.07, 6.45) is 1.14. The molecule has 27 heavy (non-hydrogen) atoms. The molecule has 2 atom stereocenters. The summed E-state index contributed by atoms with van der Waals surface area (Å²) >= 11 is 0. The molecule has 0 bridgehead atoms. The molecule has 0 aromatic heterocycles. The van der Waals surface area contributed by atoms with Crippen LogP contribution in [0.25, 0.3) is 11.1 Å². The first kappa shape index (κ1) is 17.1. The summed E-state index contributed by atoms with van der Waals surface area (Å²) in [5.41, 5.74) is 10.0.